The van der Waals surface area contributed by atoms with Gasteiger partial charge in [-0.1, -0.05) is 37.9 Å². The van der Waals surface area contributed by atoms with E-state index in [9.17, 15) is 9.59 Å². The lowest BCUT2D eigenvalue weighted by Crippen LogP contribution is -2.24. The number of nitrogens with one attached hydrogen (secondary N) is 2. The molecular formula is C12H24N4O2. The van der Waals surface area contributed by atoms with E-state index in [4.69, 9.17) is 0 Å². The molecule has 6 nitrogen and oxygen atoms in total. The van der Waals surface area contributed by atoms with Crippen LogP contribution in [-0.2, 0) is 0 Å². The van der Waals surface area contributed by atoms with Crippen LogP contribution in [0.2, 0.25) is 0 Å². The summed E-state index contributed by atoms with van der Waals surface area (Å²) in [5.74, 6) is 1.03. The molecule has 2 N–H and O–H groups in total. The second-order valence-electron chi connectivity index (χ2n) is 5.03. The number of hydrogen-bond donors (Lipinski definition) is 2. The molecule has 0 aromatic carbocycles. The minimum absolute atomic E-state index is 0.515. The molecular weight excluding hydrogens is 232 g/mol. The molecule has 0 aliphatic carbocycles. The maximum absolute atomic E-state index is 11.2. The van der Waals surface area contributed by atoms with Crippen LogP contribution in [0.5, 0.6) is 0 Å². The van der Waals surface area contributed by atoms with Crippen molar-refractivity contribution in [2.75, 3.05) is 13.1 Å². The van der Waals surface area contributed by atoms with E-state index < -0.39 is 12.1 Å². The summed E-state index contributed by atoms with van der Waals surface area (Å²) in [5.41, 5.74) is 0. The Labute approximate surface area is 109 Å². The molecule has 0 radical (unpaired) electrons. The van der Waals surface area contributed by atoms with Crippen molar-refractivity contribution in [2.24, 2.45) is 22.1 Å². The molecule has 0 spiro atoms. The van der Waals surface area contributed by atoms with Crippen molar-refractivity contribution in [3.8, 4) is 0 Å². The van der Waals surface area contributed by atoms with E-state index in [1.54, 1.807) is 0 Å². The normalized spacial score (nSPS) is 11.2. The average molecular weight is 256 g/mol. The van der Waals surface area contributed by atoms with Crippen molar-refractivity contribution in [3.63, 3.8) is 0 Å². The van der Waals surface area contributed by atoms with Crippen molar-refractivity contribution < 1.29 is 9.59 Å². The first-order chi connectivity index (χ1) is 8.41. The van der Waals surface area contributed by atoms with Crippen molar-refractivity contribution >= 4 is 12.1 Å². The highest BCUT2D eigenvalue weighted by molar-refractivity contribution is 5.79. The predicted octanol–water partition coefficient (Wildman–Crippen LogP) is 2.95. The molecule has 0 unspecified atom stereocenters. The molecule has 0 aromatic rings. The van der Waals surface area contributed by atoms with Gasteiger partial charge in [0.2, 0.25) is 0 Å². The predicted molar refractivity (Wildman–Crippen MR) is 70.6 cm³/mol. The smallest absolute Gasteiger partial charge is 0.335 e. The molecule has 0 saturated carbocycles. The molecule has 6 heteroatoms. The Morgan fingerprint density at radius 2 is 1.17 bits per heavy atom. The lowest BCUT2D eigenvalue weighted by Gasteiger charge is -2.04. The van der Waals surface area contributed by atoms with Crippen LogP contribution in [0.25, 0.3) is 0 Å². The molecule has 0 heterocycles. The fourth-order valence-corrected chi connectivity index (χ4v) is 1.10. The summed E-state index contributed by atoms with van der Waals surface area (Å²) < 4.78 is 0. The Hall–Kier alpha value is -1.46. The lowest BCUT2D eigenvalue weighted by atomic mass is 10.1. The highest BCUT2D eigenvalue weighted by Gasteiger charge is 2.02. The summed E-state index contributed by atoms with van der Waals surface area (Å²) in [6.45, 7) is 9.35. The van der Waals surface area contributed by atoms with Crippen LogP contribution in [0.1, 0.15) is 40.5 Å². The minimum Gasteiger partial charge on any atom is -0.335 e. The van der Waals surface area contributed by atoms with Crippen molar-refractivity contribution in [1.29, 1.82) is 0 Å². The number of azo groups is 1. The van der Waals surface area contributed by atoms with Gasteiger partial charge >= 0.3 is 12.1 Å². The third-order valence-electron chi connectivity index (χ3n) is 2.23. The number of carbonyl (C=O) groups is 2. The summed E-state index contributed by atoms with van der Waals surface area (Å²) in [4.78, 5) is 22.3. The molecule has 0 rings (SSSR count). The van der Waals surface area contributed by atoms with Gasteiger partial charge in [0.25, 0.3) is 0 Å². The van der Waals surface area contributed by atoms with Gasteiger partial charge in [-0.3, -0.25) is 0 Å². The number of carbonyl (C=O) groups excluding carboxylic acids is 2. The number of amides is 4. The Kier molecular flexibility index (Phi) is 8.78. The quantitative estimate of drug-likeness (QED) is 0.716. The maximum atomic E-state index is 11.2. The molecule has 0 aromatic heterocycles. The molecule has 18 heavy (non-hydrogen) atoms. The molecule has 104 valence electrons. The Balaban J connectivity index is 3.71. The first kappa shape index (κ1) is 16.5. The number of nitrogens with zero attached hydrogens (tertiary/aromatic N) is 2. The van der Waals surface area contributed by atoms with Crippen molar-refractivity contribution in [1.82, 2.24) is 10.6 Å². The van der Waals surface area contributed by atoms with E-state index in [0.29, 0.717) is 24.9 Å². The van der Waals surface area contributed by atoms with Gasteiger partial charge in [-0.05, 0) is 24.7 Å². The average Bonchev–Trinajstić information content (AvgIpc) is 2.25. The first-order valence-corrected chi connectivity index (χ1v) is 6.39. The fraction of sp³-hybridized carbons (Fsp3) is 0.833. The molecule has 0 atom stereocenters. The number of rotatable bonds is 6. The van der Waals surface area contributed by atoms with Gasteiger partial charge in [-0.25, -0.2) is 9.59 Å². The van der Waals surface area contributed by atoms with Gasteiger partial charge in [0, 0.05) is 13.1 Å². The molecule has 0 saturated heterocycles. The monoisotopic (exact) mass is 256 g/mol. The zero-order chi connectivity index (χ0) is 14.0. The van der Waals surface area contributed by atoms with Crippen LogP contribution in [0.15, 0.2) is 10.2 Å². The number of hydrogen-bond acceptors (Lipinski definition) is 2. The van der Waals surface area contributed by atoms with E-state index >= 15 is 0 Å². The number of urea groups is 2. The first-order valence-electron chi connectivity index (χ1n) is 6.39. The van der Waals surface area contributed by atoms with Crippen molar-refractivity contribution in [3.05, 3.63) is 0 Å². The summed E-state index contributed by atoms with van der Waals surface area (Å²) in [7, 11) is 0. The standard InChI is InChI=1S/C12H24N4O2/c1-9(2)5-7-13-11(17)15-16-12(18)14-8-6-10(3)4/h9-10H,5-8H2,1-4H3,(H,13,17)(H,14,18). The SMILES string of the molecule is CC(C)CCNC(=O)N=NC(=O)NCCC(C)C. The minimum atomic E-state index is -0.574. The van der Waals surface area contributed by atoms with Gasteiger partial charge in [-0.15, -0.1) is 0 Å². The van der Waals surface area contributed by atoms with E-state index in [0.717, 1.165) is 12.8 Å². The van der Waals surface area contributed by atoms with E-state index in [-0.39, 0.29) is 0 Å². The zero-order valence-corrected chi connectivity index (χ0v) is 11.7. The van der Waals surface area contributed by atoms with Crippen molar-refractivity contribution in [2.45, 2.75) is 40.5 Å². The second-order valence-corrected chi connectivity index (χ2v) is 5.03. The van der Waals surface area contributed by atoms with Crippen LogP contribution >= 0.6 is 0 Å². The largest absolute Gasteiger partial charge is 0.359 e. The third kappa shape index (κ3) is 11.0. The Morgan fingerprint density at radius 3 is 1.44 bits per heavy atom. The molecule has 0 bridgehead atoms. The fourth-order valence-electron chi connectivity index (χ4n) is 1.10. The summed E-state index contributed by atoms with van der Waals surface area (Å²) >= 11 is 0. The third-order valence-corrected chi connectivity index (χ3v) is 2.23. The molecule has 0 aliphatic heterocycles. The van der Waals surface area contributed by atoms with Gasteiger partial charge in [0.15, 0.2) is 0 Å². The van der Waals surface area contributed by atoms with Crippen LogP contribution in [0.3, 0.4) is 0 Å². The van der Waals surface area contributed by atoms with Gasteiger partial charge in [-0.2, -0.15) is 0 Å². The van der Waals surface area contributed by atoms with Gasteiger partial charge < -0.3 is 10.6 Å². The van der Waals surface area contributed by atoms with Crippen LogP contribution in [0.4, 0.5) is 9.59 Å². The van der Waals surface area contributed by atoms with E-state index in [1.165, 1.54) is 0 Å². The van der Waals surface area contributed by atoms with Gasteiger partial charge in [0.1, 0.15) is 0 Å². The van der Waals surface area contributed by atoms with Crippen LogP contribution < -0.4 is 10.6 Å². The van der Waals surface area contributed by atoms with Gasteiger partial charge in [0.05, 0.1) is 0 Å². The molecule has 4 amide bonds. The van der Waals surface area contributed by atoms with E-state index in [2.05, 4.69) is 48.6 Å². The highest BCUT2D eigenvalue weighted by Crippen LogP contribution is 1.97. The summed E-state index contributed by atoms with van der Waals surface area (Å²) in [6, 6.07) is -1.15. The summed E-state index contributed by atoms with van der Waals surface area (Å²) in [5, 5.41) is 11.7. The zero-order valence-electron chi connectivity index (χ0n) is 11.7. The highest BCUT2D eigenvalue weighted by atomic mass is 16.2. The second kappa shape index (κ2) is 9.56. The maximum Gasteiger partial charge on any atom is 0.359 e. The summed E-state index contributed by atoms with van der Waals surface area (Å²) in [6.07, 6.45) is 1.75. The van der Waals surface area contributed by atoms with E-state index in [1.807, 2.05) is 0 Å². The Bertz CT molecular complexity index is 260. The Morgan fingerprint density at radius 1 is 0.833 bits per heavy atom. The lowest BCUT2D eigenvalue weighted by molar-refractivity contribution is 0.240. The molecule has 0 aliphatic rings. The van der Waals surface area contributed by atoms with Crippen LogP contribution in [0, 0.1) is 11.8 Å². The van der Waals surface area contributed by atoms with Crippen LogP contribution in [-0.4, -0.2) is 25.2 Å². The molecule has 0 fully saturated rings. The topological polar surface area (TPSA) is 82.9 Å².